The van der Waals surface area contributed by atoms with Crippen LogP contribution in [0.25, 0.3) is 87.7 Å². The van der Waals surface area contributed by atoms with Gasteiger partial charge in [-0.15, -0.1) is 27.7 Å². The van der Waals surface area contributed by atoms with Crippen LogP contribution in [0.15, 0.2) is 133 Å². The van der Waals surface area contributed by atoms with Gasteiger partial charge in [0.15, 0.2) is 17.5 Å². The normalized spacial score (nSPS) is 11.4. The molecule has 0 fully saturated rings. The first kappa shape index (κ1) is 35.9. The van der Waals surface area contributed by atoms with Gasteiger partial charge in [0.2, 0.25) is 0 Å². The highest BCUT2D eigenvalue weighted by Crippen LogP contribution is 2.39. The smallest absolute Gasteiger partial charge is 0.164 e. The summed E-state index contributed by atoms with van der Waals surface area (Å²) in [5.41, 5.74) is 19.4. The first-order chi connectivity index (χ1) is 27.2. The Kier molecular flexibility index (Phi) is 9.22. The molecule has 0 aliphatic carbocycles. The second kappa shape index (κ2) is 14.4. The molecule has 9 aromatic rings. The number of nitrogens with zero attached hydrogens (tertiary/aromatic N) is 3. The van der Waals surface area contributed by atoms with Crippen molar-refractivity contribution in [3.63, 3.8) is 0 Å². The molecule has 0 amide bonds. The number of rotatable bonds is 6. The lowest BCUT2D eigenvalue weighted by molar-refractivity contribution is 1.07. The van der Waals surface area contributed by atoms with E-state index in [2.05, 4.69) is 164 Å². The minimum absolute atomic E-state index is 0.645. The van der Waals surface area contributed by atoms with E-state index in [0.717, 1.165) is 38.9 Å². The lowest BCUT2D eigenvalue weighted by Gasteiger charge is -2.18. The molecule has 11 heteroatoms. The highest BCUT2D eigenvalue weighted by atomic mass is 32.1. The van der Waals surface area contributed by atoms with Crippen molar-refractivity contribution in [2.45, 2.75) is 0 Å². The largest absolute Gasteiger partial charge is 0.208 e. The van der Waals surface area contributed by atoms with Crippen LogP contribution in [-0.4, -0.2) is 69.9 Å². The maximum atomic E-state index is 5.25. The van der Waals surface area contributed by atoms with Crippen LogP contribution in [0.2, 0.25) is 0 Å². The van der Waals surface area contributed by atoms with Gasteiger partial charge >= 0.3 is 0 Å². The molecule has 0 aliphatic rings. The fourth-order valence-electron chi connectivity index (χ4n) is 8.17. The zero-order valence-electron chi connectivity index (χ0n) is 33.0. The Balaban J connectivity index is 1.31. The topological polar surface area (TPSA) is 38.7 Å². The average Bonchev–Trinajstić information content (AvgIpc) is 3.65. The molecule has 0 spiro atoms. The molecule has 2 aromatic heterocycles. The van der Waals surface area contributed by atoms with Crippen LogP contribution >= 0.6 is 11.3 Å². The summed E-state index contributed by atoms with van der Waals surface area (Å²) >= 11 is 1.94. The van der Waals surface area contributed by atoms with Gasteiger partial charge in [-0.05, 0) is 62.4 Å². The molecule has 2 heterocycles. The van der Waals surface area contributed by atoms with Crippen LogP contribution in [0.4, 0.5) is 0 Å². The SMILES string of the molecule is Bc1c(B)c(B)c2c(sc3c(-c4cc(-c5ccccc5)cc(-c5nc(-c6ccccc6)nc(-c6ccc(-c7ccccc7)cc6)n5)c4)c(B)c(B)c(B)c32)c1B. The summed E-state index contributed by atoms with van der Waals surface area (Å²) in [5, 5.41) is 2.78. The third kappa shape index (κ3) is 6.15. The van der Waals surface area contributed by atoms with Crippen molar-refractivity contribution >= 4 is 125 Å². The highest BCUT2D eigenvalue weighted by Gasteiger charge is 2.23. The van der Waals surface area contributed by atoms with Crippen LogP contribution in [0.5, 0.6) is 0 Å². The van der Waals surface area contributed by atoms with Gasteiger partial charge in [0, 0.05) is 26.1 Å². The molecule has 0 radical (unpaired) electrons. The Labute approximate surface area is 338 Å². The lowest BCUT2D eigenvalue weighted by Crippen LogP contribution is -2.47. The molecule has 0 saturated carbocycles. The van der Waals surface area contributed by atoms with Gasteiger partial charge in [0.25, 0.3) is 0 Å². The third-order valence-electron chi connectivity index (χ3n) is 11.9. The number of benzene rings is 7. The highest BCUT2D eigenvalue weighted by molar-refractivity contribution is 7.28. The van der Waals surface area contributed by atoms with E-state index in [9.17, 15) is 0 Å². The van der Waals surface area contributed by atoms with E-state index in [1.54, 1.807) is 0 Å². The van der Waals surface area contributed by atoms with E-state index < -0.39 is 0 Å². The fourth-order valence-corrected chi connectivity index (χ4v) is 9.77. The van der Waals surface area contributed by atoms with Crippen LogP contribution in [-0.2, 0) is 0 Å². The quantitative estimate of drug-likeness (QED) is 0.228. The molecule has 56 heavy (non-hydrogen) atoms. The van der Waals surface area contributed by atoms with E-state index in [0.29, 0.717) is 17.5 Å². The molecule has 0 bridgehead atoms. The number of aromatic nitrogens is 3. The van der Waals surface area contributed by atoms with E-state index in [4.69, 9.17) is 15.0 Å². The Morgan fingerprint density at radius 1 is 0.304 bits per heavy atom. The standard InChI is InChI=1S/C45H36B7N3S/c46-34-31(41-32(35(47)37(34)49)33-36(48)38(50)39(51)40(52)42(33)56-41)29-20-28(24-12-6-2-7-13-24)21-30(22-29)45-54-43(26-14-8-3-9-15-26)53-44(55-45)27-18-16-25(17-19-27)23-10-4-1-5-11-23/h1-22H,46-52H2. The van der Waals surface area contributed by atoms with Crippen molar-refractivity contribution in [1.29, 1.82) is 0 Å². The Bertz CT molecular complexity index is 2970. The van der Waals surface area contributed by atoms with Crippen molar-refractivity contribution in [3.05, 3.63) is 133 Å². The summed E-state index contributed by atoms with van der Waals surface area (Å²) in [7, 11) is 16.0. The monoisotopic (exact) mass is 727 g/mol. The number of hydrogen-bond donors (Lipinski definition) is 0. The third-order valence-corrected chi connectivity index (χ3v) is 13.2. The predicted molar refractivity (Wildman–Crippen MR) is 263 cm³/mol. The first-order valence-electron chi connectivity index (χ1n) is 19.3. The van der Waals surface area contributed by atoms with Gasteiger partial charge in [-0.2, -0.15) is 0 Å². The van der Waals surface area contributed by atoms with E-state index in [1.165, 1.54) is 69.5 Å². The summed E-state index contributed by atoms with van der Waals surface area (Å²) in [4.78, 5) is 15.5. The number of fused-ring (bicyclic) bond motifs is 3. The van der Waals surface area contributed by atoms with Crippen molar-refractivity contribution in [2.75, 3.05) is 0 Å². The van der Waals surface area contributed by atoms with E-state index >= 15 is 0 Å². The second-order valence-corrected chi connectivity index (χ2v) is 16.1. The van der Waals surface area contributed by atoms with Crippen molar-refractivity contribution < 1.29 is 0 Å². The first-order valence-corrected chi connectivity index (χ1v) is 20.1. The van der Waals surface area contributed by atoms with Crippen molar-refractivity contribution in [2.24, 2.45) is 0 Å². The van der Waals surface area contributed by atoms with Gasteiger partial charge in [-0.25, -0.2) is 15.0 Å². The van der Waals surface area contributed by atoms with Gasteiger partial charge in [-0.1, -0.05) is 137 Å². The van der Waals surface area contributed by atoms with Gasteiger partial charge in [0.1, 0.15) is 54.9 Å². The summed E-state index contributed by atoms with van der Waals surface area (Å²) < 4.78 is 2.73. The number of thiophene rings is 1. The molecule has 0 aliphatic heterocycles. The lowest BCUT2D eigenvalue weighted by atomic mass is 9.64. The maximum Gasteiger partial charge on any atom is 0.164 e. The molecule has 0 saturated heterocycles. The van der Waals surface area contributed by atoms with Crippen molar-refractivity contribution in [1.82, 2.24) is 15.0 Å². The predicted octanol–water partition coefficient (Wildman–Crippen LogP) is 0.0503. The van der Waals surface area contributed by atoms with E-state index in [1.807, 2.05) is 35.6 Å². The zero-order chi connectivity index (χ0) is 38.7. The van der Waals surface area contributed by atoms with Crippen LogP contribution in [0.3, 0.4) is 0 Å². The molecule has 0 N–H and O–H groups in total. The van der Waals surface area contributed by atoms with Gasteiger partial charge in [0.05, 0.1) is 0 Å². The molecule has 0 unspecified atom stereocenters. The van der Waals surface area contributed by atoms with Crippen LogP contribution in [0, 0.1) is 0 Å². The minimum atomic E-state index is 0.645. The molecule has 9 rings (SSSR count). The molecule has 258 valence electrons. The molecule has 0 atom stereocenters. The molecular weight excluding hydrogens is 690 g/mol. The average molecular weight is 727 g/mol. The summed E-state index contributed by atoms with van der Waals surface area (Å²) in [6, 6.07) is 46.8. The maximum absolute atomic E-state index is 5.25. The summed E-state index contributed by atoms with van der Waals surface area (Å²) in [6.45, 7) is 0. The Morgan fingerprint density at radius 3 is 1.25 bits per heavy atom. The van der Waals surface area contributed by atoms with E-state index in [-0.39, 0.29) is 0 Å². The number of hydrogen-bond acceptors (Lipinski definition) is 4. The summed E-state index contributed by atoms with van der Waals surface area (Å²) in [5.74, 6) is 1.94. The van der Waals surface area contributed by atoms with Crippen LogP contribution in [0.1, 0.15) is 0 Å². The van der Waals surface area contributed by atoms with Gasteiger partial charge < -0.3 is 0 Å². The molecule has 3 nitrogen and oxygen atoms in total. The Morgan fingerprint density at radius 2 is 0.679 bits per heavy atom. The molecule has 7 aromatic carbocycles. The zero-order valence-corrected chi connectivity index (χ0v) is 33.8. The minimum Gasteiger partial charge on any atom is -0.208 e. The summed E-state index contributed by atoms with van der Waals surface area (Å²) in [6.07, 6.45) is 0. The Hall–Kier alpha value is -5.78. The van der Waals surface area contributed by atoms with Crippen molar-refractivity contribution in [3.8, 4) is 67.5 Å². The fraction of sp³-hybridized carbons (Fsp3) is 0. The molecular formula is C45H36B7N3S. The van der Waals surface area contributed by atoms with Crippen LogP contribution < -0.4 is 38.2 Å². The second-order valence-electron chi connectivity index (χ2n) is 15.0. The van der Waals surface area contributed by atoms with Gasteiger partial charge in [-0.3, -0.25) is 0 Å².